The number of aromatic nitrogens is 3. The molecule has 0 bridgehead atoms. The number of morpholine rings is 1. The lowest BCUT2D eigenvalue weighted by Gasteiger charge is -2.33. The van der Waals surface area contributed by atoms with Gasteiger partial charge in [0.15, 0.2) is 0 Å². The molecule has 1 amide bonds. The molecule has 3 aliphatic rings. The van der Waals surface area contributed by atoms with Crippen LogP contribution >= 0.6 is 0 Å². The first-order chi connectivity index (χ1) is 19.1. The highest BCUT2D eigenvalue weighted by molar-refractivity contribution is 5.91. The largest absolute Gasteiger partial charge is 0.490 e. The van der Waals surface area contributed by atoms with Crippen LogP contribution < -0.4 is 15.0 Å². The van der Waals surface area contributed by atoms with Crippen LogP contribution in [0.5, 0.6) is 5.75 Å². The maximum absolute atomic E-state index is 12.7. The number of fused-ring (bicyclic) bond motifs is 1. The third-order valence-corrected chi connectivity index (χ3v) is 8.31. The van der Waals surface area contributed by atoms with Crippen LogP contribution in [0.25, 0.3) is 10.9 Å². The third kappa shape index (κ3) is 6.08. The van der Waals surface area contributed by atoms with Crippen molar-refractivity contribution in [3.05, 3.63) is 42.4 Å². The van der Waals surface area contributed by atoms with Gasteiger partial charge in [-0.1, -0.05) is 12.8 Å². The molecule has 1 aromatic carbocycles. The van der Waals surface area contributed by atoms with Gasteiger partial charge in [-0.25, -0.2) is 15.0 Å². The van der Waals surface area contributed by atoms with Crippen LogP contribution in [0, 0.1) is 12.8 Å². The summed E-state index contributed by atoms with van der Waals surface area (Å²) in [7, 11) is 0. The molecule has 9 nitrogen and oxygen atoms in total. The molecule has 3 fully saturated rings. The van der Waals surface area contributed by atoms with Crippen molar-refractivity contribution < 1.29 is 14.3 Å². The van der Waals surface area contributed by atoms with Crippen LogP contribution in [0.4, 0.5) is 17.3 Å². The van der Waals surface area contributed by atoms with Crippen molar-refractivity contribution >= 4 is 34.1 Å². The Bertz CT molecular complexity index is 1300. The van der Waals surface area contributed by atoms with E-state index in [-0.39, 0.29) is 6.10 Å². The second kappa shape index (κ2) is 11.7. The average Bonchev–Trinajstić information content (AvgIpc) is 3.48. The van der Waals surface area contributed by atoms with Gasteiger partial charge in [0.05, 0.1) is 24.9 Å². The van der Waals surface area contributed by atoms with Gasteiger partial charge in [-0.3, -0.25) is 4.79 Å². The fourth-order valence-electron chi connectivity index (χ4n) is 6.00. The molecule has 9 heteroatoms. The van der Waals surface area contributed by atoms with Gasteiger partial charge < -0.3 is 24.6 Å². The Morgan fingerprint density at radius 3 is 2.59 bits per heavy atom. The molecule has 0 unspecified atom stereocenters. The molecule has 2 saturated heterocycles. The Morgan fingerprint density at radius 1 is 1.03 bits per heavy atom. The summed E-state index contributed by atoms with van der Waals surface area (Å²) in [5, 5.41) is 4.41. The molecule has 2 aromatic heterocycles. The van der Waals surface area contributed by atoms with Crippen LogP contribution in [0.15, 0.2) is 36.8 Å². The smallest absolute Gasteiger partial charge is 0.222 e. The number of ether oxygens (including phenoxy) is 2. The molecular weight excluding hydrogens is 492 g/mol. The number of carbonyl (C=O) groups excluding carboxylic acids is 1. The van der Waals surface area contributed by atoms with Gasteiger partial charge in [-0.2, -0.15) is 0 Å². The predicted octanol–water partition coefficient (Wildman–Crippen LogP) is 4.86. The van der Waals surface area contributed by atoms with E-state index in [1.54, 1.807) is 6.33 Å². The van der Waals surface area contributed by atoms with Crippen molar-refractivity contribution in [3.8, 4) is 5.75 Å². The monoisotopic (exact) mass is 530 g/mol. The van der Waals surface area contributed by atoms with Crippen LogP contribution in [-0.2, 0) is 9.53 Å². The predicted molar refractivity (Wildman–Crippen MR) is 152 cm³/mol. The van der Waals surface area contributed by atoms with Gasteiger partial charge in [0.25, 0.3) is 0 Å². The quantitative estimate of drug-likeness (QED) is 0.463. The molecule has 206 valence electrons. The summed E-state index contributed by atoms with van der Waals surface area (Å²) in [6.45, 7) is 6.72. The van der Waals surface area contributed by atoms with Gasteiger partial charge in [0.1, 0.15) is 29.8 Å². The zero-order valence-electron chi connectivity index (χ0n) is 22.8. The number of aryl methyl sites for hydroxylation is 1. The van der Waals surface area contributed by atoms with Crippen LogP contribution in [0.1, 0.15) is 50.5 Å². The summed E-state index contributed by atoms with van der Waals surface area (Å²) in [6, 6.07) is 8.20. The number of likely N-dealkylation sites (tertiary alicyclic amines) is 1. The Labute approximate surface area is 229 Å². The van der Waals surface area contributed by atoms with E-state index < -0.39 is 0 Å². The molecule has 1 aliphatic carbocycles. The van der Waals surface area contributed by atoms with Gasteiger partial charge >= 0.3 is 0 Å². The molecule has 1 saturated carbocycles. The van der Waals surface area contributed by atoms with Crippen LogP contribution in [0.3, 0.4) is 0 Å². The number of amides is 1. The van der Waals surface area contributed by atoms with Gasteiger partial charge in [-0.05, 0) is 55.5 Å². The van der Waals surface area contributed by atoms with Crippen molar-refractivity contribution in [3.63, 3.8) is 0 Å². The second-order valence-corrected chi connectivity index (χ2v) is 11.0. The van der Waals surface area contributed by atoms with E-state index in [9.17, 15) is 4.79 Å². The SMILES string of the molecule is Cc1cc(Nc2ncnc3cnc(N4CCOCC4)cc23)ccc1OC1CCN(C(=O)CC2CCCC2)CC1. The topological polar surface area (TPSA) is 92.7 Å². The molecule has 0 spiro atoms. The molecule has 0 atom stereocenters. The molecule has 6 rings (SSSR count). The van der Waals surface area contributed by atoms with Crippen LogP contribution in [0.2, 0.25) is 0 Å². The van der Waals surface area contributed by atoms with Gasteiger partial charge in [-0.15, -0.1) is 0 Å². The number of rotatable bonds is 7. The minimum atomic E-state index is 0.134. The van der Waals surface area contributed by atoms with Crippen molar-refractivity contribution in [2.75, 3.05) is 49.6 Å². The van der Waals surface area contributed by atoms with E-state index in [0.29, 0.717) is 25.0 Å². The van der Waals surface area contributed by atoms with E-state index in [4.69, 9.17) is 9.47 Å². The number of nitrogens with one attached hydrogen (secondary N) is 1. The van der Waals surface area contributed by atoms with E-state index in [0.717, 1.165) is 85.0 Å². The number of carbonyl (C=O) groups is 1. The van der Waals surface area contributed by atoms with Gasteiger partial charge in [0.2, 0.25) is 5.91 Å². The molecule has 4 heterocycles. The minimum Gasteiger partial charge on any atom is -0.490 e. The molecular formula is C30H38N6O3. The standard InChI is InChI=1S/C30H38N6O3/c1-21-16-23(34-30-25-18-28(35-12-14-38-15-13-35)31-19-26(25)32-20-33-30)6-7-27(21)39-24-8-10-36(11-9-24)29(37)17-22-4-2-3-5-22/h6-7,16,18-20,22,24H,2-5,8-15,17H2,1H3,(H,32,33,34). The summed E-state index contributed by atoms with van der Waals surface area (Å²) < 4.78 is 11.9. The summed E-state index contributed by atoms with van der Waals surface area (Å²) in [4.78, 5) is 30.5. The fraction of sp³-hybridized carbons (Fsp3) is 0.533. The number of piperidine rings is 1. The lowest BCUT2D eigenvalue weighted by molar-refractivity contribution is -0.134. The van der Waals surface area contributed by atoms with Crippen molar-refractivity contribution in [2.45, 2.75) is 58.0 Å². The van der Waals surface area contributed by atoms with Crippen molar-refractivity contribution in [2.24, 2.45) is 5.92 Å². The van der Waals surface area contributed by atoms with Crippen molar-refractivity contribution in [1.29, 1.82) is 0 Å². The first-order valence-electron chi connectivity index (χ1n) is 14.4. The minimum absolute atomic E-state index is 0.134. The number of pyridine rings is 1. The van der Waals surface area contributed by atoms with E-state index in [1.807, 2.05) is 23.2 Å². The summed E-state index contributed by atoms with van der Waals surface area (Å²) in [6.07, 6.45) is 11.0. The number of hydrogen-bond acceptors (Lipinski definition) is 8. The third-order valence-electron chi connectivity index (χ3n) is 8.31. The molecule has 0 radical (unpaired) electrons. The lowest BCUT2D eigenvalue weighted by Crippen LogP contribution is -2.42. The van der Waals surface area contributed by atoms with E-state index >= 15 is 0 Å². The van der Waals surface area contributed by atoms with Crippen molar-refractivity contribution in [1.82, 2.24) is 19.9 Å². The maximum atomic E-state index is 12.7. The number of hydrogen-bond donors (Lipinski definition) is 1. The first kappa shape index (κ1) is 25.8. The fourth-order valence-corrected chi connectivity index (χ4v) is 6.00. The number of anilines is 3. The Hall–Kier alpha value is -3.46. The highest BCUT2D eigenvalue weighted by atomic mass is 16.5. The lowest BCUT2D eigenvalue weighted by atomic mass is 10.0. The maximum Gasteiger partial charge on any atom is 0.222 e. The zero-order chi connectivity index (χ0) is 26.6. The summed E-state index contributed by atoms with van der Waals surface area (Å²) in [5.41, 5.74) is 2.81. The Morgan fingerprint density at radius 2 is 1.82 bits per heavy atom. The number of benzene rings is 1. The second-order valence-electron chi connectivity index (χ2n) is 11.0. The Kier molecular flexibility index (Phi) is 7.76. The number of nitrogens with zero attached hydrogens (tertiary/aromatic N) is 5. The first-order valence-corrected chi connectivity index (χ1v) is 14.4. The molecule has 1 N–H and O–H groups in total. The highest BCUT2D eigenvalue weighted by Gasteiger charge is 2.27. The Balaban J connectivity index is 1.08. The van der Waals surface area contributed by atoms with E-state index in [1.165, 1.54) is 25.7 Å². The van der Waals surface area contributed by atoms with Gasteiger partial charge in [0, 0.05) is 56.5 Å². The summed E-state index contributed by atoms with van der Waals surface area (Å²) >= 11 is 0. The normalized spacial score (nSPS) is 19.0. The average molecular weight is 531 g/mol. The van der Waals surface area contributed by atoms with Crippen LogP contribution in [-0.4, -0.2) is 71.3 Å². The highest BCUT2D eigenvalue weighted by Crippen LogP contribution is 2.31. The van der Waals surface area contributed by atoms with E-state index in [2.05, 4.69) is 44.2 Å². The molecule has 2 aliphatic heterocycles. The molecule has 39 heavy (non-hydrogen) atoms. The zero-order valence-corrected chi connectivity index (χ0v) is 22.8. The molecule has 3 aromatic rings. The summed E-state index contributed by atoms with van der Waals surface area (Å²) in [5.74, 6) is 3.49.